The topological polar surface area (TPSA) is 81.4 Å². The van der Waals surface area contributed by atoms with Crippen molar-refractivity contribution in [1.82, 2.24) is 0 Å². The van der Waals surface area contributed by atoms with E-state index in [9.17, 15) is 0 Å². The number of thiol groups is 1. The third-order valence-electron chi connectivity index (χ3n) is 4.41. The molecular formula is C26H48N2OS2. The highest BCUT2D eigenvalue weighted by Crippen LogP contribution is 2.23. The van der Waals surface area contributed by atoms with Gasteiger partial charge in [0.05, 0.1) is 10.6 Å². The first-order valence-corrected chi connectivity index (χ1v) is 13.1. The summed E-state index contributed by atoms with van der Waals surface area (Å²) in [5.41, 5.74) is 8.42. The zero-order valence-corrected chi connectivity index (χ0v) is 22.6. The number of nitrogens with one attached hydrogen (secondary N) is 1. The zero-order valence-electron chi connectivity index (χ0n) is 20.9. The van der Waals surface area contributed by atoms with Crippen LogP contribution in [0.5, 0.6) is 0 Å². The van der Waals surface area contributed by atoms with Crippen molar-refractivity contribution in [3.05, 3.63) is 51.7 Å². The maximum absolute atomic E-state index is 8.13. The molecule has 0 amide bonds. The van der Waals surface area contributed by atoms with Gasteiger partial charge >= 0.3 is 0 Å². The van der Waals surface area contributed by atoms with Gasteiger partial charge in [-0.3, -0.25) is 5.41 Å². The zero-order chi connectivity index (χ0) is 23.4. The molecule has 0 atom stereocenters. The first-order valence-electron chi connectivity index (χ1n) is 11.8. The van der Waals surface area contributed by atoms with Crippen LogP contribution >= 0.6 is 24.0 Å². The van der Waals surface area contributed by atoms with Crippen molar-refractivity contribution in [3.8, 4) is 0 Å². The third kappa shape index (κ3) is 14.5. The molecular weight excluding hydrogens is 420 g/mol. The molecule has 0 unspecified atom stereocenters. The molecule has 1 heterocycles. The van der Waals surface area contributed by atoms with Gasteiger partial charge in [-0.1, -0.05) is 91.8 Å². The van der Waals surface area contributed by atoms with Crippen LogP contribution in [0.25, 0.3) is 0 Å². The summed E-state index contributed by atoms with van der Waals surface area (Å²) in [7, 11) is 0. The Balaban J connectivity index is -0.000000424. The molecule has 1 aliphatic rings. The van der Waals surface area contributed by atoms with Crippen molar-refractivity contribution in [2.45, 2.75) is 104 Å². The summed E-state index contributed by atoms with van der Waals surface area (Å²) in [6, 6.07) is 10.3. The minimum absolute atomic E-state index is 0. The molecule has 0 radical (unpaired) electrons. The van der Waals surface area contributed by atoms with Gasteiger partial charge in [0.2, 0.25) is 0 Å². The number of rotatable bonds is 2. The monoisotopic (exact) mass is 468 g/mol. The molecule has 0 saturated heterocycles. The first-order chi connectivity index (χ1) is 14.6. The SMILES string of the molecule is CC.CC.CC.Cc1ccsc1C(=N)c1ccccc1S.NC1CCCCCCC1.O. The molecule has 0 spiro atoms. The lowest BCUT2D eigenvalue weighted by Crippen LogP contribution is -2.20. The molecule has 1 aliphatic carbocycles. The lowest BCUT2D eigenvalue weighted by molar-refractivity contribution is 0.453. The third-order valence-corrected chi connectivity index (χ3v) is 5.84. The minimum atomic E-state index is 0. The normalized spacial score (nSPS) is 12.8. The Labute approximate surface area is 202 Å². The van der Waals surface area contributed by atoms with Crippen LogP contribution in [-0.2, 0) is 0 Å². The van der Waals surface area contributed by atoms with Gasteiger partial charge in [-0.2, -0.15) is 0 Å². The number of hydrogen-bond acceptors (Lipinski definition) is 4. The van der Waals surface area contributed by atoms with E-state index in [2.05, 4.69) is 12.6 Å². The van der Waals surface area contributed by atoms with E-state index in [-0.39, 0.29) is 5.48 Å². The molecule has 0 aliphatic heterocycles. The number of nitrogens with two attached hydrogens (primary N) is 1. The number of aryl methyl sites for hydroxylation is 1. The number of benzene rings is 1. The fourth-order valence-electron chi connectivity index (χ4n) is 2.92. The Bertz CT molecular complexity index is 648. The maximum atomic E-state index is 8.13. The first kappa shape index (κ1) is 34.5. The van der Waals surface area contributed by atoms with Gasteiger partial charge in [-0.05, 0) is 42.8 Å². The summed E-state index contributed by atoms with van der Waals surface area (Å²) in [4.78, 5) is 1.88. The van der Waals surface area contributed by atoms with E-state index in [1.165, 1.54) is 44.9 Å². The fraction of sp³-hybridized carbons (Fsp3) is 0.577. The standard InChI is InChI=1S/C12H11NS2.C8H17N.3C2H6.H2O/c1-8-6-7-15-12(8)11(13)9-4-2-3-5-10(9)14;9-8-6-4-2-1-3-5-7-8;3*1-2;/h2-7,13-14H,1H3;8H,1-7,9H2;3*1-2H3;1H2. The van der Waals surface area contributed by atoms with Crippen LogP contribution in [0.4, 0.5) is 0 Å². The van der Waals surface area contributed by atoms with Crippen LogP contribution < -0.4 is 5.73 Å². The molecule has 1 aromatic heterocycles. The van der Waals surface area contributed by atoms with Gasteiger partial charge in [-0.25, -0.2) is 0 Å². The van der Waals surface area contributed by atoms with Crippen molar-refractivity contribution in [2.75, 3.05) is 0 Å². The van der Waals surface area contributed by atoms with Gasteiger partial charge in [-0.15, -0.1) is 24.0 Å². The van der Waals surface area contributed by atoms with Crippen LogP contribution in [0, 0.1) is 12.3 Å². The molecule has 0 bridgehead atoms. The molecule has 1 saturated carbocycles. The van der Waals surface area contributed by atoms with E-state index in [0.717, 1.165) is 20.9 Å². The summed E-state index contributed by atoms with van der Waals surface area (Å²) in [6.07, 6.45) is 9.51. The summed E-state index contributed by atoms with van der Waals surface area (Å²) in [6.45, 7) is 14.0. The van der Waals surface area contributed by atoms with E-state index in [1.54, 1.807) is 11.3 Å². The van der Waals surface area contributed by atoms with Gasteiger partial charge in [0.15, 0.2) is 0 Å². The second-order valence-corrected chi connectivity index (χ2v) is 7.83. The second-order valence-electron chi connectivity index (χ2n) is 6.43. The minimum Gasteiger partial charge on any atom is -0.412 e. The van der Waals surface area contributed by atoms with E-state index in [1.807, 2.05) is 84.2 Å². The quantitative estimate of drug-likeness (QED) is 0.302. The molecule has 1 fully saturated rings. The molecule has 5 heteroatoms. The lowest BCUT2D eigenvalue weighted by atomic mass is 9.98. The van der Waals surface area contributed by atoms with Crippen LogP contribution in [0.3, 0.4) is 0 Å². The van der Waals surface area contributed by atoms with Crippen molar-refractivity contribution in [3.63, 3.8) is 0 Å². The van der Waals surface area contributed by atoms with E-state index < -0.39 is 0 Å². The molecule has 31 heavy (non-hydrogen) atoms. The summed E-state index contributed by atoms with van der Waals surface area (Å²) in [5.74, 6) is 0. The Morgan fingerprint density at radius 3 is 1.84 bits per heavy atom. The van der Waals surface area contributed by atoms with Crippen LogP contribution in [-0.4, -0.2) is 17.2 Å². The van der Waals surface area contributed by atoms with Crippen molar-refractivity contribution in [2.24, 2.45) is 5.73 Å². The fourth-order valence-corrected chi connectivity index (χ4v) is 4.09. The summed E-state index contributed by atoms with van der Waals surface area (Å²) in [5, 5.41) is 10.1. The number of thiophene rings is 1. The number of hydrogen-bond donors (Lipinski definition) is 3. The van der Waals surface area contributed by atoms with Crippen LogP contribution in [0.1, 0.15) is 102 Å². The molecule has 3 rings (SSSR count). The van der Waals surface area contributed by atoms with Gasteiger partial charge in [0.25, 0.3) is 0 Å². The molecule has 1 aromatic carbocycles. The summed E-state index contributed by atoms with van der Waals surface area (Å²) < 4.78 is 0. The highest BCUT2D eigenvalue weighted by atomic mass is 32.1. The highest BCUT2D eigenvalue weighted by molar-refractivity contribution is 7.80. The Kier molecular flexibility index (Phi) is 26.2. The Morgan fingerprint density at radius 1 is 0.903 bits per heavy atom. The van der Waals surface area contributed by atoms with Crippen molar-refractivity contribution < 1.29 is 5.48 Å². The summed E-state index contributed by atoms with van der Waals surface area (Å²) >= 11 is 5.97. The van der Waals surface area contributed by atoms with Crippen LogP contribution in [0.2, 0.25) is 0 Å². The smallest absolute Gasteiger partial charge is 0.0798 e. The molecule has 2 aromatic rings. The van der Waals surface area contributed by atoms with Gasteiger partial charge in [0.1, 0.15) is 0 Å². The second kappa shape index (κ2) is 23.5. The average molecular weight is 469 g/mol. The molecule has 3 nitrogen and oxygen atoms in total. The van der Waals surface area contributed by atoms with Gasteiger partial charge < -0.3 is 11.2 Å². The van der Waals surface area contributed by atoms with Crippen molar-refractivity contribution >= 4 is 29.7 Å². The van der Waals surface area contributed by atoms with Crippen molar-refractivity contribution in [1.29, 1.82) is 5.41 Å². The van der Waals surface area contributed by atoms with E-state index in [0.29, 0.717) is 11.8 Å². The van der Waals surface area contributed by atoms with E-state index >= 15 is 0 Å². The Hall–Kier alpha value is -1.14. The molecule has 5 N–H and O–H groups in total. The largest absolute Gasteiger partial charge is 0.412 e. The van der Waals surface area contributed by atoms with E-state index in [4.69, 9.17) is 11.1 Å². The lowest BCUT2D eigenvalue weighted by Gasteiger charge is -2.13. The average Bonchev–Trinajstić information content (AvgIpc) is 3.21. The van der Waals surface area contributed by atoms with Gasteiger partial charge in [0, 0.05) is 16.5 Å². The highest BCUT2D eigenvalue weighted by Gasteiger charge is 2.10. The maximum Gasteiger partial charge on any atom is 0.0798 e. The van der Waals surface area contributed by atoms with Crippen LogP contribution in [0.15, 0.2) is 40.6 Å². The molecule has 180 valence electrons. The Morgan fingerprint density at radius 2 is 1.39 bits per heavy atom. The predicted molar refractivity (Wildman–Crippen MR) is 147 cm³/mol. The predicted octanol–water partition coefficient (Wildman–Crippen LogP) is 8.07.